The molecule has 0 unspecified atom stereocenters. The molecule has 0 saturated heterocycles. The number of rotatable bonds is 1. The van der Waals surface area contributed by atoms with Gasteiger partial charge in [-0.15, -0.1) is 11.3 Å². The molecule has 40 heavy (non-hydrogen) atoms. The third-order valence-corrected chi connectivity index (χ3v) is 10.00. The molecule has 6 aromatic carbocycles. The smallest absolute Gasteiger partial charge is 0.333 e. The topological polar surface area (TPSA) is 8.17 Å². The average Bonchev–Trinajstić information content (AvgIpc) is 3.59. The first kappa shape index (κ1) is 21.1. The summed E-state index contributed by atoms with van der Waals surface area (Å²) in [6, 6.07) is 44.9. The van der Waals surface area contributed by atoms with Gasteiger partial charge < -0.3 is 9.38 Å². The molecule has 0 saturated carbocycles. The van der Waals surface area contributed by atoms with E-state index in [1.165, 1.54) is 81.8 Å². The Balaban J connectivity index is 1.37. The maximum atomic E-state index is 2.63. The number of fused-ring (bicyclic) bond motifs is 9. The number of hydrogen-bond donors (Lipinski definition) is 0. The lowest BCUT2D eigenvalue weighted by atomic mass is 9.46. The van der Waals surface area contributed by atoms with Crippen molar-refractivity contribution in [2.24, 2.45) is 0 Å². The van der Waals surface area contributed by atoms with Crippen LogP contribution in [0.1, 0.15) is 0 Å². The summed E-state index contributed by atoms with van der Waals surface area (Å²) in [5.74, 6) is 0. The third-order valence-electron chi connectivity index (χ3n) is 8.98. The maximum absolute atomic E-state index is 2.63. The zero-order valence-electron chi connectivity index (χ0n) is 21.5. The van der Waals surface area contributed by atoms with E-state index >= 15 is 0 Å². The Labute approximate surface area is 235 Å². The normalized spacial score (nSPS) is 13.4. The van der Waals surface area contributed by atoms with Crippen molar-refractivity contribution in [3.63, 3.8) is 0 Å². The molecule has 0 atom stereocenters. The predicted molar refractivity (Wildman–Crippen MR) is 173 cm³/mol. The van der Waals surface area contributed by atoms with E-state index in [1.54, 1.807) is 0 Å². The quantitative estimate of drug-likeness (QED) is 0.195. The number of para-hydroxylation sites is 2. The monoisotopic (exact) mass is 524 g/mol. The minimum Gasteiger partial charge on any atom is -0.375 e. The van der Waals surface area contributed by atoms with Crippen LogP contribution in [0.25, 0.3) is 53.8 Å². The third kappa shape index (κ3) is 2.55. The van der Waals surface area contributed by atoms with E-state index in [0.717, 1.165) is 0 Å². The lowest BCUT2D eigenvalue weighted by Crippen LogP contribution is -2.55. The van der Waals surface area contributed by atoms with Gasteiger partial charge in [0.1, 0.15) is 0 Å². The van der Waals surface area contributed by atoms with Crippen LogP contribution in [-0.4, -0.2) is 11.3 Å². The summed E-state index contributed by atoms with van der Waals surface area (Å²) < 4.78 is 2.63. The second-order valence-electron chi connectivity index (χ2n) is 11.0. The Morgan fingerprint density at radius 2 is 1.30 bits per heavy atom. The number of hydrogen-bond acceptors (Lipinski definition) is 2. The van der Waals surface area contributed by atoms with Gasteiger partial charge >= 0.3 is 6.85 Å². The predicted octanol–water partition coefficient (Wildman–Crippen LogP) is 8.58. The van der Waals surface area contributed by atoms with Crippen molar-refractivity contribution in [1.82, 2.24) is 4.48 Å². The molecule has 0 radical (unpaired) electrons. The van der Waals surface area contributed by atoms with E-state index in [4.69, 9.17) is 0 Å². The Kier molecular flexibility index (Phi) is 3.92. The summed E-state index contributed by atoms with van der Waals surface area (Å²) in [4.78, 5) is 3.90. The van der Waals surface area contributed by atoms with Gasteiger partial charge in [-0.25, -0.2) is 0 Å². The second-order valence-corrected chi connectivity index (χ2v) is 11.9. The van der Waals surface area contributed by atoms with Crippen LogP contribution in [0.4, 0.5) is 17.1 Å². The highest BCUT2D eigenvalue weighted by atomic mass is 32.1. The summed E-state index contributed by atoms with van der Waals surface area (Å²) >= 11 is 1.89. The Morgan fingerprint density at radius 3 is 2.17 bits per heavy atom. The average molecular weight is 524 g/mol. The minimum atomic E-state index is 0.116. The minimum absolute atomic E-state index is 0.116. The fourth-order valence-corrected chi connectivity index (χ4v) is 8.41. The lowest BCUT2D eigenvalue weighted by molar-refractivity contribution is 1.28. The number of aromatic nitrogens is 1. The zero-order valence-corrected chi connectivity index (χ0v) is 22.3. The first-order valence-electron chi connectivity index (χ1n) is 13.8. The molecule has 4 heteroatoms. The van der Waals surface area contributed by atoms with E-state index in [1.807, 2.05) is 11.3 Å². The number of thiophene rings is 1. The van der Waals surface area contributed by atoms with E-state index in [-0.39, 0.29) is 6.85 Å². The van der Waals surface area contributed by atoms with Gasteiger partial charge in [0, 0.05) is 49.0 Å². The molecular weight excluding hydrogens is 503 g/mol. The molecular formula is C36H21BN2S. The van der Waals surface area contributed by atoms with Crippen LogP contribution in [0.15, 0.2) is 127 Å². The molecule has 0 N–H and O–H groups in total. The van der Waals surface area contributed by atoms with Crippen molar-refractivity contribution in [2.45, 2.75) is 0 Å². The molecule has 10 rings (SSSR count). The van der Waals surface area contributed by atoms with Gasteiger partial charge in [0.2, 0.25) is 0 Å². The molecule has 184 valence electrons. The molecule has 2 nitrogen and oxygen atoms in total. The molecule has 2 aliphatic heterocycles. The molecule has 0 bridgehead atoms. The molecule has 2 aliphatic rings. The maximum Gasteiger partial charge on any atom is 0.333 e. The number of nitrogens with zero attached hydrogens (tertiary/aromatic N) is 2. The largest absolute Gasteiger partial charge is 0.375 e. The van der Waals surface area contributed by atoms with Crippen LogP contribution in [-0.2, 0) is 0 Å². The van der Waals surface area contributed by atoms with Crippen LogP contribution in [0.5, 0.6) is 0 Å². The Bertz CT molecular complexity index is 2360. The summed E-state index contributed by atoms with van der Waals surface area (Å²) in [6.07, 6.45) is 0. The van der Waals surface area contributed by atoms with Crippen LogP contribution in [0.3, 0.4) is 0 Å². The fourth-order valence-electron chi connectivity index (χ4n) is 7.31. The molecule has 2 aromatic heterocycles. The molecule has 0 spiro atoms. The van der Waals surface area contributed by atoms with Gasteiger partial charge in [-0.2, -0.15) is 0 Å². The summed E-state index contributed by atoms with van der Waals surface area (Å²) in [5.41, 5.74) is 10.5. The van der Waals surface area contributed by atoms with Crippen molar-refractivity contribution in [3.05, 3.63) is 127 Å². The Morgan fingerprint density at radius 1 is 0.575 bits per heavy atom. The first-order chi connectivity index (χ1) is 19.8. The van der Waals surface area contributed by atoms with Crippen molar-refractivity contribution < 1.29 is 0 Å². The Hall–Kier alpha value is -4.80. The summed E-state index contributed by atoms with van der Waals surface area (Å²) in [5, 5.41) is 10.1. The van der Waals surface area contributed by atoms with Gasteiger partial charge in [0.15, 0.2) is 0 Å². The second kappa shape index (κ2) is 7.44. The first-order valence-corrected chi connectivity index (χ1v) is 14.7. The van der Waals surface area contributed by atoms with E-state index in [0.29, 0.717) is 0 Å². The van der Waals surface area contributed by atoms with Crippen molar-refractivity contribution in [2.75, 3.05) is 4.90 Å². The number of benzene rings is 6. The van der Waals surface area contributed by atoms with Crippen LogP contribution >= 0.6 is 11.3 Å². The SMILES string of the molecule is c1ccc2cc(N3c4cc5ccccc5cc4B4c5c3csc5-c3cccc5c6ccccc6n4c35)ccc2c1. The standard InChI is InChI=1S/C36H21BN2S/c1-2-9-23-18-26(17-16-22(23)8-1)38-32-20-25-11-4-3-10-24(25)19-30(32)37-34-33(38)21-40-36(34)29-14-7-13-28-27-12-5-6-15-31(27)39(37)35(28)29/h1-21H. The lowest BCUT2D eigenvalue weighted by Gasteiger charge is -2.38. The summed E-state index contributed by atoms with van der Waals surface area (Å²) in [6.45, 7) is 0.116. The summed E-state index contributed by atoms with van der Waals surface area (Å²) in [7, 11) is 0. The van der Waals surface area contributed by atoms with Gasteiger partial charge in [0.05, 0.1) is 5.69 Å². The molecule has 0 amide bonds. The number of anilines is 3. The molecule has 0 fully saturated rings. The van der Waals surface area contributed by atoms with Gasteiger partial charge in [-0.1, -0.05) is 97.1 Å². The van der Waals surface area contributed by atoms with E-state index in [9.17, 15) is 0 Å². The van der Waals surface area contributed by atoms with Crippen molar-refractivity contribution >= 4 is 89.5 Å². The van der Waals surface area contributed by atoms with Crippen molar-refractivity contribution in [1.29, 1.82) is 0 Å². The van der Waals surface area contributed by atoms with E-state index < -0.39 is 0 Å². The highest BCUT2D eigenvalue weighted by Crippen LogP contribution is 2.48. The van der Waals surface area contributed by atoms with Crippen LogP contribution in [0.2, 0.25) is 0 Å². The van der Waals surface area contributed by atoms with Crippen LogP contribution in [0, 0.1) is 0 Å². The zero-order chi connectivity index (χ0) is 25.9. The van der Waals surface area contributed by atoms with Crippen molar-refractivity contribution in [3.8, 4) is 10.4 Å². The highest BCUT2D eigenvalue weighted by molar-refractivity contribution is 7.17. The molecule has 0 aliphatic carbocycles. The van der Waals surface area contributed by atoms with Gasteiger partial charge in [0.25, 0.3) is 0 Å². The van der Waals surface area contributed by atoms with Crippen LogP contribution < -0.4 is 15.8 Å². The molecule has 8 aromatic rings. The molecule has 4 heterocycles. The van der Waals surface area contributed by atoms with Gasteiger partial charge in [-0.05, 0) is 56.7 Å². The fraction of sp³-hybridized carbons (Fsp3) is 0. The van der Waals surface area contributed by atoms with Gasteiger partial charge in [-0.3, -0.25) is 0 Å². The van der Waals surface area contributed by atoms with E-state index in [2.05, 4.69) is 136 Å². The highest BCUT2D eigenvalue weighted by Gasteiger charge is 2.43.